The number of aromatic nitrogens is 2. The van der Waals surface area contributed by atoms with Crippen LogP contribution in [-0.2, 0) is 6.61 Å². The van der Waals surface area contributed by atoms with Gasteiger partial charge in [-0.3, -0.25) is 10.1 Å². The quantitative estimate of drug-likeness (QED) is 0.504. The molecule has 1 amide bonds. The molecule has 0 bridgehead atoms. The first-order valence-electron chi connectivity index (χ1n) is 8.65. The summed E-state index contributed by atoms with van der Waals surface area (Å²) >= 11 is 1.49. The Morgan fingerprint density at radius 2 is 1.96 bits per heavy atom. The Balaban J connectivity index is 1.41. The van der Waals surface area contributed by atoms with Gasteiger partial charge in [0, 0.05) is 5.56 Å². The largest absolute Gasteiger partial charge is 0.489 e. The number of ether oxygens (including phenoxy) is 1. The maximum atomic E-state index is 12.5. The summed E-state index contributed by atoms with van der Waals surface area (Å²) in [5.74, 6) is 0.774. The highest BCUT2D eigenvalue weighted by Crippen LogP contribution is 2.25. The summed E-state index contributed by atoms with van der Waals surface area (Å²) < 4.78 is 11.3. The van der Waals surface area contributed by atoms with Gasteiger partial charge in [-0.15, -0.1) is 16.4 Å². The van der Waals surface area contributed by atoms with Crippen LogP contribution in [0.25, 0.3) is 10.8 Å². The molecule has 2 aromatic heterocycles. The Kier molecular flexibility index (Phi) is 5.16. The third kappa shape index (κ3) is 4.10. The Labute approximate surface area is 165 Å². The van der Waals surface area contributed by atoms with E-state index in [-0.39, 0.29) is 11.9 Å². The number of anilines is 1. The lowest BCUT2D eigenvalue weighted by molar-refractivity contribution is 0.102. The molecule has 2 heterocycles. The maximum Gasteiger partial charge on any atom is 0.322 e. The van der Waals surface area contributed by atoms with Crippen molar-refractivity contribution in [1.82, 2.24) is 10.2 Å². The van der Waals surface area contributed by atoms with Crippen LogP contribution >= 0.6 is 11.3 Å². The molecule has 0 saturated carbocycles. The van der Waals surface area contributed by atoms with E-state index >= 15 is 0 Å². The number of aryl methyl sites for hydroxylation is 1. The fourth-order valence-electron chi connectivity index (χ4n) is 2.66. The van der Waals surface area contributed by atoms with E-state index in [9.17, 15) is 4.79 Å². The molecule has 0 aliphatic rings. The number of thiophene rings is 1. The Bertz CT molecular complexity index is 1080. The number of nitrogens with zero attached hydrogens (tertiary/aromatic N) is 2. The summed E-state index contributed by atoms with van der Waals surface area (Å²) in [5.41, 5.74) is 2.39. The van der Waals surface area contributed by atoms with Crippen molar-refractivity contribution in [3.05, 3.63) is 82.7 Å². The van der Waals surface area contributed by atoms with E-state index in [0.29, 0.717) is 23.8 Å². The lowest BCUT2D eigenvalue weighted by Gasteiger charge is -2.10. The van der Waals surface area contributed by atoms with Crippen molar-refractivity contribution in [1.29, 1.82) is 0 Å². The second-order valence-electron chi connectivity index (χ2n) is 6.09. The van der Waals surface area contributed by atoms with Crippen molar-refractivity contribution >= 4 is 23.3 Å². The van der Waals surface area contributed by atoms with Gasteiger partial charge in [0.25, 0.3) is 11.8 Å². The molecule has 0 atom stereocenters. The minimum Gasteiger partial charge on any atom is -0.489 e. The van der Waals surface area contributed by atoms with Crippen molar-refractivity contribution in [3.8, 4) is 16.5 Å². The van der Waals surface area contributed by atoms with E-state index in [2.05, 4.69) is 15.5 Å². The van der Waals surface area contributed by atoms with Crippen LogP contribution in [0.4, 0.5) is 6.01 Å². The van der Waals surface area contributed by atoms with Crippen LogP contribution in [0, 0.1) is 6.92 Å². The number of amides is 1. The highest BCUT2D eigenvalue weighted by molar-refractivity contribution is 7.13. The van der Waals surface area contributed by atoms with Crippen LogP contribution in [0.3, 0.4) is 0 Å². The van der Waals surface area contributed by atoms with Gasteiger partial charge in [0.2, 0.25) is 0 Å². The number of benzene rings is 2. The second kappa shape index (κ2) is 8.06. The summed E-state index contributed by atoms with van der Waals surface area (Å²) in [4.78, 5) is 13.4. The van der Waals surface area contributed by atoms with Crippen molar-refractivity contribution in [3.63, 3.8) is 0 Å². The SMILES string of the molecule is Cc1cc(OCc2ccccc2)ccc1C(=O)Nc1nnc(-c2cccs2)o1. The third-order valence-corrected chi connectivity index (χ3v) is 4.93. The van der Waals surface area contributed by atoms with Crippen LogP contribution < -0.4 is 10.1 Å². The molecule has 6 nitrogen and oxygen atoms in total. The van der Waals surface area contributed by atoms with Crippen LogP contribution in [-0.4, -0.2) is 16.1 Å². The zero-order chi connectivity index (χ0) is 19.3. The lowest BCUT2D eigenvalue weighted by atomic mass is 10.1. The minimum atomic E-state index is -0.312. The van der Waals surface area contributed by atoms with E-state index < -0.39 is 0 Å². The molecule has 0 aliphatic heterocycles. The summed E-state index contributed by atoms with van der Waals surface area (Å²) in [6.45, 7) is 2.33. The molecule has 1 N–H and O–H groups in total. The number of nitrogens with one attached hydrogen (secondary N) is 1. The number of rotatable bonds is 6. The molecule has 4 rings (SSSR count). The van der Waals surface area contributed by atoms with Gasteiger partial charge in [0.05, 0.1) is 4.88 Å². The van der Waals surface area contributed by atoms with Gasteiger partial charge in [-0.05, 0) is 47.7 Å². The molecule has 0 saturated heterocycles. The summed E-state index contributed by atoms with van der Waals surface area (Å²) in [7, 11) is 0. The van der Waals surface area contributed by atoms with Crippen LogP contribution in [0.1, 0.15) is 21.5 Å². The van der Waals surface area contributed by atoms with E-state index in [1.165, 1.54) is 11.3 Å². The number of hydrogen-bond acceptors (Lipinski definition) is 6. The fourth-order valence-corrected chi connectivity index (χ4v) is 3.30. The highest BCUT2D eigenvalue weighted by Gasteiger charge is 2.15. The molecule has 0 radical (unpaired) electrons. The van der Waals surface area contributed by atoms with Gasteiger partial charge in [-0.1, -0.05) is 41.5 Å². The van der Waals surface area contributed by atoms with Crippen molar-refractivity contribution in [2.75, 3.05) is 5.32 Å². The Morgan fingerprint density at radius 1 is 1.11 bits per heavy atom. The first-order valence-corrected chi connectivity index (χ1v) is 9.53. The first-order chi connectivity index (χ1) is 13.7. The van der Waals surface area contributed by atoms with Gasteiger partial charge < -0.3 is 9.15 Å². The second-order valence-corrected chi connectivity index (χ2v) is 7.04. The van der Waals surface area contributed by atoms with Gasteiger partial charge in [0.15, 0.2) is 0 Å². The smallest absolute Gasteiger partial charge is 0.322 e. The molecular formula is C21H17N3O3S. The van der Waals surface area contributed by atoms with Crippen LogP contribution in [0.15, 0.2) is 70.5 Å². The molecule has 28 heavy (non-hydrogen) atoms. The van der Waals surface area contributed by atoms with Gasteiger partial charge in [-0.25, -0.2) is 0 Å². The number of carbonyl (C=O) groups excluding carboxylic acids is 1. The Hall–Kier alpha value is -3.45. The fraction of sp³-hybridized carbons (Fsp3) is 0.0952. The van der Waals surface area contributed by atoms with E-state index in [0.717, 1.165) is 16.0 Å². The molecule has 0 unspecified atom stereocenters. The molecule has 4 aromatic rings. The van der Waals surface area contributed by atoms with Crippen LogP contribution in [0.5, 0.6) is 5.75 Å². The summed E-state index contributed by atoms with van der Waals surface area (Å²) in [6.07, 6.45) is 0. The monoisotopic (exact) mass is 391 g/mol. The van der Waals surface area contributed by atoms with Crippen molar-refractivity contribution in [2.45, 2.75) is 13.5 Å². The summed E-state index contributed by atoms with van der Waals surface area (Å²) in [5, 5.41) is 12.4. The number of carbonyl (C=O) groups is 1. The minimum absolute atomic E-state index is 0.0669. The molecule has 2 aromatic carbocycles. The zero-order valence-corrected chi connectivity index (χ0v) is 15.9. The van der Waals surface area contributed by atoms with E-state index in [1.54, 1.807) is 12.1 Å². The van der Waals surface area contributed by atoms with Crippen LogP contribution in [0.2, 0.25) is 0 Å². The molecule has 0 aliphatic carbocycles. The highest BCUT2D eigenvalue weighted by atomic mass is 32.1. The standard InChI is InChI=1S/C21H17N3O3S/c1-14-12-16(26-13-15-6-3-2-4-7-15)9-10-17(14)19(25)22-21-24-23-20(27-21)18-8-5-11-28-18/h2-12H,13H2,1H3,(H,22,24,25). The number of hydrogen-bond donors (Lipinski definition) is 1. The van der Waals surface area contributed by atoms with E-state index in [1.807, 2.05) is 60.8 Å². The molecule has 7 heteroatoms. The normalized spacial score (nSPS) is 10.6. The lowest BCUT2D eigenvalue weighted by Crippen LogP contribution is -2.13. The average Bonchev–Trinajstić information content (AvgIpc) is 3.39. The zero-order valence-electron chi connectivity index (χ0n) is 15.1. The summed E-state index contributed by atoms with van der Waals surface area (Å²) in [6, 6.07) is 19.1. The Morgan fingerprint density at radius 3 is 2.71 bits per heavy atom. The average molecular weight is 391 g/mol. The topological polar surface area (TPSA) is 77.2 Å². The predicted molar refractivity (Wildman–Crippen MR) is 108 cm³/mol. The predicted octanol–water partition coefficient (Wildman–Crippen LogP) is 4.94. The molecule has 0 fully saturated rings. The molecular weight excluding hydrogens is 374 g/mol. The van der Waals surface area contributed by atoms with Gasteiger partial charge >= 0.3 is 6.01 Å². The maximum absolute atomic E-state index is 12.5. The first kappa shape index (κ1) is 17.9. The van der Waals surface area contributed by atoms with Crippen molar-refractivity contribution in [2.24, 2.45) is 0 Å². The van der Waals surface area contributed by atoms with Gasteiger partial charge in [0.1, 0.15) is 12.4 Å². The third-order valence-electron chi connectivity index (χ3n) is 4.07. The van der Waals surface area contributed by atoms with E-state index in [4.69, 9.17) is 9.15 Å². The molecule has 140 valence electrons. The molecule has 0 spiro atoms. The van der Waals surface area contributed by atoms with Gasteiger partial charge in [-0.2, -0.15) is 0 Å². The van der Waals surface area contributed by atoms with Crippen molar-refractivity contribution < 1.29 is 13.9 Å².